The third kappa shape index (κ3) is 2.60. The number of hydrogen-bond donors (Lipinski definition) is 1. The van der Waals surface area contributed by atoms with E-state index in [1.807, 2.05) is 0 Å². The molecule has 2 unspecified atom stereocenters. The molecular formula is C12H15FN4O2S2. The maximum atomic E-state index is 13.3. The number of aryl methyl sites for hydroxylation is 1. The summed E-state index contributed by atoms with van der Waals surface area (Å²) in [6.07, 6.45) is 0. The summed E-state index contributed by atoms with van der Waals surface area (Å²) in [5.41, 5.74) is 0. The van der Waals surface area contributed by atoms with Gasteiger partial charge < -0.3 is 0 Å². The Morgan fingerprint density at radius 1 is 1.52 bits per heavy atom. The Morgan fingerprint density at radius 2 is 2.33 bits per heavy atom. The summed E-state index contributed by atoms with van der Waals surface area (Å²) < 4.78 is 39.9. The zero-order chi connectivity index (χ0) is 15.0. The highest BCUT2D eigenvalue weighted by Crippen LogP contribution is 2.35. The number of aromatic nitrogens is 3. The van der Waals surface area contributed by atoms with Crippen molar-refractivity contribution in [3.63, 3.8) is 0 Å². The highest BCUT2D eigenvalue weighted by atomic mass is 32.2. The van der Waals surface area contributed by atoms with E-state index in [2.05, 4.69) is 15.2 Å². The van der Waals surface area contributed by atoms with Crippen molar-refractivity contribution in [3.05, 3.63) is 29.2 Å². The fraction of sp³-hybridized carbons (Fsp3) is 0.500. The van der Waals surface area contributed by atoms with Crippen molar-refractivity contribution in [3.8, 4) is 0 Å². The van der Waals surface area contributed by atoms with Crippen LogP contribution in [0.1, 0.15) is 17.6 Å². The number of alkyl halides is 1. The van der Waals surface area contributed by atoms with Gasteiger partial charge in [-0.05, 0) is 18.4 Å². The van der Waals surface area contributed by atoms with Gasteiger partial charge in [0.1, 0.15) is 10.0 Å². The number of aromatic amines is 1. The van der Waals surface area contributed by atoms with E-state index in [9.17, 15) is 12.8 Å². The SMILES string of the molecule is Cc1nc(C2CN(S(=O)(=O)c3cccs3)CC2CF)n[nH]1. The van der Waals surface area contributed by atoms with E-state index in [1.54, 1.807) is 24.4 Å². The number of nitrogens with one attached hydrogen (secondary N) is 1. The van der Waals surface area contributed by atoms with Gasteiger partial charge in [-0.25, -0.2) is 13.4 Å². The maximum Gasteiger partial charge on any atom is 0.252 e. The van der Waals surface area contributed by atoms with Gasteiger partial charge in [0.25, 0.3) is 10.0 Å². The van der Waals surface area contributed by atoms with Gasteiger partial charge in [-0.1, -0.05) is 6.07 Å². The van der Waals surface area contributed by atoms with Crippen molar-refractivity contribution in [2.75, 3.05) is 19.8 Å². The second kappa shape index (κ2) is 5.47. The second-order valence-corrected chi connectivity index (χ2v) is 8.17. The minimum absolute atomic E-state index is 0.162. The number of thiophene rings is 1. The van der Waals surface area contributed by atoms with Crippen LogP contribution in [0, 0.1) is 12.8 Å². The summed E-state index contributed by atoms with van der Waals surface area (Å²) in [6, 6.07) is 3.26. The molecule has 1 aliphatic rings. The first kappa shape index (κ1) is 14.6. The Morgan fingerprint density at radius 3 is 2.90 bits per heavy atom. The summed E-state index contributed by atoms with van der Waals surface area (Å²) >= 11 is 1.17. The Hall–Kier alpha value is -1.32. The summed E-state index contributed by atoms with van der Waals surface area (Å²) in [5, 5.41) is 8.49. The molecule has 1 aliphatic heterocycles. The molecule has 0 spiro atoms. The summed E-state index contributed by atoms with van der Waals surface area (Å²) in [5.74, 6) is 0.408. The van der Waals surface area contributed by atoms with Gasteiger partial charge >= 0.3 is 0 Å². The molecule has 0 aromatic carbocycles. The van der Waals surface area contributed by atoms with E-state index in [0.29, 0.717) is 11.6 Å². The monoisotopic (exact) mass is 330 g/mol. The Balaban J connectivity index is 1.88. The Labute approximate surface area is 126 Å². The summed E-state index contributed by atoms with van der Waals surface area (Å²) in [7, 11) is -3.55. The molecule has 0 saturated carbocycles. The normalized spacial score (nSPS) is 23.7. The summed E-state index contributed by atoms with van der Waals surface area (Å²) in [4.78, 5) is 4.22. The van der Waals surface area contributed by atoms with E-state index < -0.39 is 22.6 Å². The van der Waals surface area contributed by atoms with E-state index in [0.717, 1.165) is 0 Å². The van der Waals surface area contributed by atoms with Crippen molar-refractivity contribution in [1.82, 2.24) is 19.5 Å². The molecule has 0 aliphatic carbocycles. The van der Waals surface area contributed by atoms with Gasteiger partial charge in [0.2, 0.25) is 0 Å². The zero-order valence-corrected chi connectivity index (χ0v) is 13.0. The molecule has 2 aromatic heterocycles. The van der Waals surface area contributed by atoms with Crippen molar-refractivity contribution in [2.45, 2.75) is 17.1 Å². The average Bonchev–Trinajstić information content (AvgIpc) is 3.18. The van der Waals surface area contributed by atoms with E-state index in [1.165, 1.54) is 15.6 Å². The number of hydrogen-bond acceptors (Lipinski definition) is 5. The number of H-pyrrole nitrogens is 1. The van der Waals surface area contributed by atoms with Crippen molar-refractivity contribution < 1.29 is 12.8 Å². The van der Waals surface area contributed by atoms with Crippen LogP contribution in [0.15, 0.2) is 21.7 Å². The van der Waals surface area contributed by atoms with E-state index in [4.69, 9.17) is 0 Å². The van der Waals surface area contributed by atoms with Crippen molar-refractivity contribution in [2.24, 2.45) is 5.92 Å². The predicted octanol–water partition coefficient (Wildman–Crippen LogP) is 1.55. The van der Waals surface area contributed by atoms with Crippen LogP contribution in [-0.2, 0) is 10.0 Å². The summed E-state index contributed by atoms with van der Waals surface area (Å²) in [6.45, 7) is 1.55. The highest BCUT2D eigenvalue weighted by Gasteiger charge is 2.42. The van der Waals surface area contributed by atoms with Gasteiger partial charge in [-0.15, -0.1) is 11.3 Å². The van der Waals surface area contributed by atoms with Gasteiger partial charge in [-0.2, -0.15) is 9.40 Å². The van der Waals surface area contributed by atoms with Crippen LogP contribution in [0.2, 0.25) is 0 Å². The molecule has 21 heavy (non-hydrogen) atoms. The van der Waals surface area contributed by atoms with E-state index in [-0.39, 0.29) is 23.2 Å². The zero-order valence-electron chi connectivity index (χ0n) is 11.4. The van der Waals surface area contributed by atoms with Gasteiger partial charge in [0.05, 0.1) is 6.67 Å². The predicted molar refractivity (Wildman–Crippen MR) is 76.4 cm³/mol. The van der Waals surface area contributed by atoms with Crippen LogP contribution in [0.4, 0.5) is 4.39 Å². The number of nitrogens with zero attached hydrogens (tertiary/aromatic N) is 3. The van der Waals surface area contributed by atoms with Crippen LogP contribution in [0.25, 0.3) is 0 Å². The van der Waals surface area contributed by atoms with Crippen LogP contribution >= 0.6 is 11.3 Å². The Bertz CT molecular complexity index is 713. The van der Waals surface area contributed by atoms with Gasteiger partial charge in [0, 0.05) is 24.9 Å². The highest BCUT2D eigenvalue weighted by molar-refractivity contribution is 7.91. The lowest BCUT2D eigenvalue weighted by atomic mass is 9.97. The Kier molecular flexibility index (Phi) is 3.80. The van der Waals surface area contributed by atoms with Gasteiger partial charge in [0.15, 0.2) is 5.82 Å². The van der Waals surface area contributed by atoms with Crippen LogP contribution in [-0.4, -0.2) is 47.7 Å². The molecule has 114 valence electrons. The van der Waals surface area contributed by atoms with E-state index >= 15 is 0 Å². The minimum Gasteiger partial charge on any atom is -0.263 e. The van der Waals surface area contributed by atoms with Crippen LogP contribution in [0.5, 0.6) is 0 Å². The van der Waals surface area contributed by atoms with Crippen LogP contribution in [0.3, 0.4) is 0 Å². The quantitative estimate of drug-likeness (QED) is 0.922. The molecule has 6 nitrogen and oxygen atoms in total. The molecule has 2 aromatic rings. The maximum absolute atomic E-state index is 13.3. The lowest BCUT2D eigenvalue weighted by molar-refractivity contribution is 0.346. The first-order valence-electron chi connectivity index (χ1n) is 6.51. The molecule has 2 atom stereocenters. The third-order valence-corrected chi connectivity index (χ3v) is 6.85. The topological polar surface area (TPSA) is 79.0 Å². The number of rotatable bonds is 4. The van der Waals surface area contributed by atoms with Gasteiger partial charge in [-0.3, -0.25) is 9.49 Å². The first-order valence-corrected chi connectivity index (χ1v) is 8.83. The smallest absolute Gasteiger partial charge is 0.252 e. The molecule has 0 bridgehead atoms. The lowest BCUT2D eigenvalue weighted by Gasteiger charge is -2.14. The molecule has 3 rings (SSSR count). The number of sulfonamides is 1. The molecular weight excluding hydrogens is 315 g/mol. The molecule has 3 heterocycles. The molecule has 1 saturated heterocycles. The third-order valence-electron chi connectivity index (χ3n) is 3.64. The molecule has 9 heteroatoms. The number of halogens is 1. The standard InChI is InChI=1S/C12H15FN4O2S2/c1-8-14-12(16-15-8)10-7-17(6-9(10)5-13)21(18,19)11-3-2-4-20-11/h2-4,9-10H,5-7H2,1H3,(H,14,15,16). The molecule has 0 radical (unpaired) electrons. The lowest BCUT2D eigenvalue weighted by Crippen LogP contribution is -2.28. The fourth-order valence-corrected chi connectivity index (χ4v) is 5.21. The molecule has 1 N–H and O–H groups in total. The minimum atomic E-state index is -3.55. The van der Waals surface area contributed by atoms with Crippen molar-refractivity contribution in [1.29, 1.82) is 0 Å². The fourth-order valence-electron chi connectivity index (χ4n) is 2.54. The average molecular weight is 330 g/mol. The van der Waals surface area contributed by atoms with Crippen LogP contribution < -0.4 is 0 Å². The largest absolute Gasteiger partial charge is 0.263 e. The second-order valence-electron chi connectivity index (χ2n) is 5.05. The first-order chi connectivity index (χ1) is 10.0. The molecule has 0 amide bonds. The molecule has 1 fully saturated rings. The van der Waals surface area contributed by atoms with Crippen molar-refractivity contribution >= 4 is 21.4 Å².